The fourth-order valence-corrected chi connectivity index (χ4v) is 3.03. The number of nitrogens with zero attached hydrogens (tertiary/aromatic N) is 5. The Balaban J connectivity index is 2.00. The van der Waals surface area contributed by atoms with Gasteiger partial charge in [-0.3, -0.25) is 4.79 Å². The van der Waals surface area contributed by atoms with Crippen LogP contribution in [0, 0.1) is 0 Å². The number of benzene rings is 2. The van der Waals surface area contributed by atoms with E-state index in [1.165, 1.54) is 4.80 Å². The molecule has 1 atom stereocenters. The lowest BCUT2D eigenvalue weighted by atomic mass is 10.1. The van der Waals surface area contributed by atoms with Gasteiger partial charge in [0, 0.05) is 23.1 Å². The molecule has 0 aliphatic rings. The Morgan fingerprint density at radius 2 is 1.73 bits per heavy atom. The van der Waals surface area contributed by atoms with Crippen molar-refractivity contribution in [1.82, 2.24) is 25.1 Å². The number of carbonyl (C=O) groups is 1. The molecule has 7 heteroatoms. The summed E-state index contributed by atoms with van der Waals surface area (Å²) in [6.45, 7) is 5.19. The Hall–Kier alpha value is -2.54. The van der Waals surface area contributed by atoms with Gasteiger partial charge in [-0.2, -0.15) is 0 Å². The Bertz CT molecular complexity index is 859. The van der Waals surface area contributed by atoms with Crippen LogP contribution in [0.2, 0.25) is 0 Å². The van der Waals surface area contributed by atoms with E-state index in [0.29, 0.717) is 18.9 Å². The van der Waals surface area contributed by atoms with E-state index in [1.807, 2.05) is 68.4 Å². The molecule has 0 fully saturated rings. The van der Waals surface area contributed by atoms with Crippen molar-refractivity contribution in [1.29, 1.82) is 0 Å². The van der Waals surface area contributed by atoms with Gasteiger partial charge in [-0.1, -0.05) is 46.3 Å². The van der Waals surface area contributed by atoms with Crippen LogP contribution in [-0.2, 0) is 4.79 Å². The monoisotopic (exact) mass is 413 g/mol. The van der Waals surface area contributed by atoms with Crippen LogP contribution >= 0.6 is 15.9 Å². The summed E-state index contributed by atoms with van der Waals surface area (Å²) >= 11 is 3.42. The molecule has 0 saturated carbocycles. The van der Waals surface area contributed by atoms with E-state index >= 15 is 0 Å². The molecule has 1 aromatic heterocycles. The van der Waals surface area contributed by atoms with Crippen molar-refractivity contribution >= 4 is 21.8 Å². The Morgan fingerprint density at radius 1 is 1.08 bits per heavy atom. The smallest absolute Gasteiger partial charge is 0.253 e. The molecule has 0 aliphatic heterocycles. The lowest BCUT2D eigenvalue weighted by Gasteiger charge is -2.24. The van der Waals surface area contributed by atoms with Gasteiger partial charge in [-0.15, -0.1) is 15.0 Å². The molecule has 6 nitrogen and oxygen atoms in total. The molecule has 1 heterocycles. The van der Waals surface area contributed by atoms with Crippen molar-refractivity contribution in [3.63, 3.8) is 0 Å². The first-order chi connectivity index (χ1) is 12.6. The molecule has 1 amide bonds. The molecule has 0 spiro atoms. The number of aromatic nitrogens is 4. The van der Waals surface area contributed by atoms with Gasteiger partial charge in [-0.05, 0) is 48.9 Å². The first-order valence-electron chi connectivity index (χ1n) is 8.53. The largest absolute Gasteiger partial charge is 0.341 e. The molecule has 3 rings (SSSR count). The summed E-state index contributed by atoms with van der Waals surface area (Å²) in [5.41, 5.74) is 1.69. The molecule has 2 aromatic carbocycles. The molecule has 0 aliphatic carbocycles. The third-order valence-electron chi connectivity index (χ3n) is 4.19. The number of halogens is 1. The van der Waals surface area contributed by atoms with Crippen LogP contribution < -0.4 is 0 Å². The minimum absolute atomic E-state index is 0.0408. The molecule has 134 valence electrons. The van der Waals surface area contributed by atoms with Crippen molar-refractivity contribution in [3.8, 4) is 11.4 Å². The number of hydrogen-bond acceptors (Lipinski definition) is 4. The lowest BCUT2D eigenvalue weighted by molar-refractivity contribution is -0.133. The maximum Gasteiger partial charge on any atom is 0.253 e. The van der Waals surface area contributed by atoms with E-state index in [4.69, 9.17) is 0 Å². The lowest BCUT2D eigenvalue weighted by Crippen LogP contribution is -2.38. The predicted molar refractivity (Wildman–Crippen MR) is 103 cm³/mol. The van der Waals surface area contributed by atoms with E-state index in [2.05, 4.69) is 31.3 Å². The third-order valence-corrected chi connectivity index (χ3v) is 4.71. The molecule has 0 radical (unpaired) electrons. The third kappa shape index (κ3) is 3.83. The maximum atomic E-state index is 13.1. The average Bonchev–Trinajstić information content (AvgIpc) is 3.14. The summed E-state index contributed by atoms with van der Waals surface area (Å²) in [5.74, 6) is 0.451. The fourth-order valence-electron chi connectivity index (χ4n) is 2.77. The van der Waals surface area contributed by atoms with Crippen molar-refractivity contribution in [2.24, 2.45) is 0 Å². The van der Waals surface area contributed by atoms with E-state index in [-0.39, 0.29) is 5.91 Å². The van der Waals surface area contributed by atoms with Gasteiger partial charge in [0.25, 0.3) is 5.91 Å². The highest BCUT2D eigenvalue weighted by atomic mass is 79.9. The first-order valence-corrected chi connectivity index (χ1v) is 9.32. The predicted octanol–water partition coefficient (Wildman–Crippen LogP) is 3.56. The van der Waals surface area contributed by atoms with Crippen molar-refractivity contribution < 1.29 is 4.79 Å². The van der Waals surface area contributed by atoms with Crippen LogP contribution in [0.4, 0.5) is 0 Å². The van der Waals surface area contributed by atoms with E-state index in [1.54, 1.807) is 4.90 Å². The summed E-state index contributed by atoms with van der Waals surface area (Å²) in [6, 6.07) is 16.6. The van der Waals surface area contributed by atoms with E-state index in [0.717, 1.165) is 15.6 Å². The normalized spacial score (nSPS) is 12.0. The first kappa shape index (κ1) is 18.3. The summed E-state index contributed by atoms with van der Waals surface area (Å²) in [7, 11) is 0. The van der Waals surface area contributed by atoms with Gasteiger partial charge in [0.1, 0.15) is 0 Å². The minimum Gasteiger partial charge on any atom is -0.341 e. The highest BCUT2D eigenvalue weighted by Gasteiger charge is 2.28. The van der Waals surface area contributed by atoms with Gasteiger partial charge >= 0.3 is 0 Å². The summed E-state index contributed by atoms with van der Waals surface area (Å²) < 4.78 is 0.979. The van der Waals surface area contributed by atoms with Crippen LogP contribution in [0.25, 0.3) is 11.4 Å². The Kier molecular flexibility index (Phi) is 5.78. The van der Waals surface area contributed by atoms with Crippen molar-refractivity contribution in [2.75, 3.05) is 13.1 Å². The zero-order valence-electron chi connectivity index (χ0n) is 14.7. The van der Waals surface area contributed by atoms with Crippen LogP contribution in [0.5, 0.6) is 0 Å². The zero-order chi connectivity index (χ0) is 18.5. The number of rotatable bonds is 6. The van der Waals surface area contributed by atoms with Crippen molar-refractivity contribution in [3.05, 3.63) is 64.6 Å². The van der Waals surface area contributed by atoms with Crippen LogP contribution in [0.15, 0.2) is 59.1 Å². The number of amides is 1. The van der Waals surface area contributed by atoms with Gasteiger partial charge in [0.2, 0.25) is 5.82 Å². The molecule has 0 N–H and O–H groups in total. The molecule has 0 unspecified atom stereocenters. The molecule has 0 saturated heterocycles. The number of carbonyl (C=O) groups excluding carboxylic acids is 1. The summed E-state index contributed by atoms with van der Waals surface area (Å²) in [6.07, 6.45) is 0. The molecular weight excluding hydrogens is 394 g/mol. The van der Waals surface area contributed by atoms with E-state index in [9.17, 15) is 4.79 Å². The number of hydrogen-bond donors (Lipinski definition) is 0. The second kappa shape index (κ2) is 8.23. The van der Waals surface area contributed by atoms with Gasteiger partial charge in [0.05, 0.1) is 0 Å². The zero-order valence-corrected chi connectivity index (χ0v) is 16.3. The van der Waals surface area contributed by atoms with Gasteiger partial charge in [-0.25, -0.2) is 0 Å². The molecule has 3 aromatic rings. The Morgan fingerprint density at radius 3 is 2.35 bits per heavy atom. The second-order valence-corrected chi connectivity index (χ2v) is 6.68. The fraction of sp³-hybridized carbons (Fsp3) is 0.263. The SMILES string of the molecule is CCN(CC)C(=O)[C@H](c1ccccc1)n1nnc(-c2ccc(Br)cc2)n1. The average molecular weight is 414 g/mol. The topological polar surface area (TPSA) is 63.9 Å². The minimum atomic E-state index is -0.632. The summed E-state index contributed by atoms with van der Waals surface area (Å²) in [4.78, 5) is 16.3. The molecular formula is C19H20BrN5O. The van der Waals surface area contributed by atoms with Crippen LogP contribution in [0.3, 0.4) is 0 Å². The number of tetrazole rings is 1. The summed E-state index contributed by atoms with van der Waals surface area (Å²) in [5, 5.41) is 12.8. The van der Waals surface area contributed by atoms with Crippen LogP contribution in [0.1, 0.15) is 25.5 Å². The van der Waals surface area contributed by atoms with Gasteiger partial charge < -0.3 is 4.90 Å². The van der Waals surface area contributed by atoms with E-state index < -0.39 is 6.04 Å². The van der Waals surface area contributed by atoms with Crippen LogP contribution in [-0.4, -0.2) is 44.1 Å². The molecule has 26 heavy (non-hydrogen) atoms. The highest BCUT2D eigenvalue weighted by Crippen LogP contribution is 2.22. The Labute approximate surface area is 161 Å². The quantitative estimate of drug-likeness (QED) is 0.619. The number of likely N-dealkylation sites (N-methyl/N-ethyl adjacent to an activating group) is 1. The van der Waals surface area contributed by atoms with Gasteiger partial charge in [0.15, 0.2) is 6.04 Å². The molecule has 0 bridgehead atoms. The van der Waals surface area contributed by atoms with Crippen molar-refractivity contribution in [2.45, 2.75) is 19.9 Å². The maximum absolute atomic E-state index is 13.1. The standard InChI is InChI=1S/C19H20BrN5O/c1-3-24(4-2)19(26)17(14-8-6-5-7-9-14)25-22-18(21-23-25)15-10-12-16(20)13-11-15/h5-13,17H,3-4H2,1-2H3/t17-/m0/s1. The second-order valence-electron chi connectivity index (χ2n) is 5.76. The highest BCUT2D eigenvalue weighted by molar-refractivity contribution is 9.10.